The maximum atomic E-state index is 13.1. The van der Waals surface area contributed by atoms with Crippen molar-refractivity contribution in [2.24, 2.45) is 16.9 Å². The molecule has 3 aliphatic rings. The van der Waals surface area contributed by atoms with E-state index in [9.17, 15) is 9.59 Å². The summed E-state index contributed by atoms with van der Waals surface area (Å²) in [5.41, 5.74) is 1.13. The highest BCUT2D eigenvalue weighted by Crippen LogP contribution is 2.32. The summed E-state index contributed by atoms with van der Waals surface area (Å²) in [6.45, 7) is 1.42. The van der Waals surface area contributed by atoms with E-state index in [2.05, 4.69) is 17.2 Å². The van der Waals surface area contributed by atoms with Gasteiger partial charge in [-0.25, -0.2) is 5.01 Å². The van der Waals surface area contributed by atoms with E-state index in [1.54, 1.807) is 5.01 Å². The smallest absolute Gasteiger partial charge is 0.246 e. The number of hydrogen-bond donors (Lipinski definition) is 0. The quantitative estimate of drug-likeness (QED) is 0.817. The van der Waals surface area contributed by atoms with E-state index < -0.39 is 0 Å². The number of rotatable bonds is 3. The van der Waals surface area contributed by atoms with Crippen LogP contribution in [-0.2, 0) is 9.59 Å². The summed E-state index contributed by atoms with van der Waals surface area (Å²) < 4.78 is 0. The average Bonchev–Trinajstić information content (AvgIpc) is 3.24. The summed E-state index contributed by atoms with van der Waals surface area (Å²) in [5, 5.41) is 6.05. The molecule has 2 amide bonds. The molecule has 0 radical (unpaired) electrons. The molecule has 1 saturated heterocycles. The fourth-order valence-corrected chi connectivity index (χ4v) is 4.72. The highest BCUT2D eigenvalue weighted by Gasteiger charge is 2.36. The van der Waals surface area contributed by atoms with Crippen LogP contribution in [0.1, 0.15) is 63.0 Å². The van der Waals surface area contributed by atoms with Crippen LogP contribution in [0.25, 0.3) is 0 Å². The van der Waals surface area contributed by atoms with Crippen LogP contribution < -0.4 is 0 Å². The van der Waals surface area contributed by atoms with Crippen molar-refractivity contribution < 1.29 is 9.59 Å². The van der Waals surface area contributed by atoms with Crippen molar-refractivity contribution in [2.45, 2.75) is 57.4 Å². The van der Waals surface area contributed by atoms with Gasteiger partial charge in [0.2, 0.25) is 11.8 Å². The second kappa shape index (κ2) is 8.24. The van der Waals surface area contributed by atoms with Gasteiger partial charge >= 0.3 is 0 Å². The van der Waals surface area contributed by atoms with Crippen LogP contribution in [0.15, 0.2) is 35.4 Å². The number of piperidine rings is 1. The summed E-state index contributed by atoms with van der Waals surface area (Å²) in [7, 11) is 0. The van der Waals surface area contributed by atoms with Crippen molar-refractivity contribution in [3.63, 3.8) is 0 Å². The zero-order valence-corrected chi connectivity index (χ0v) is 15.9. The molecular weight excluding hydrogens is 338 g/mol. The lowest BCUT2D eigenvalue weighted by Gasteiger charge is -2.36. The van der Waals surface area contributed by atoms with Gasteiger partial charge in [0.15, 0.2) is 0 Å². The Morgan fingerprint density at radius 3 is 2.22 bits per heavy atom. The second-order valence-corrected chi connectivity index (χ2v) is 8.08. The Kier molecular flexibility index (Phi) is 5.55. The predicted octanol–water partition coefficient (Wildman–Crippen LogP) is 3.76. The van der Waals surface area contributed by atoms with E-state index in [0.29, 0.717) is 19.0 Å². The molecule has 0 bridgehead atoms. The molecule has 144 valence electrons. The highest BCUT2D eigenvalue weighted by molar-refractivity contribution is 5.83. The Morgan fingerprint density at radius 2 is 1.52 bits per heavy atom. The number of amides is 2. The molecule has 0 N–H and O–H groups in total. The molecule has 0 spiro atoms. The molecule has 2 fully saturated rings. The molecule has 1 aromatic rings. The molecule has 1 aromatic carbocycles. The van der Waals surface area contributed by atoms with Crippen LogP contribution in [0, 0.1) is 11.8 Å². The van der Waals surface area contributed by atoms with Gasteiger partial charge in [0.25, 0.3) is 0 Å². The van der Waals surface area contributed by atoms with Crippen LogP contribution in [0.5, 0.6) is 0 Å². The monoisotopic (exact) mass is 367 g/mol. The Balaban J connectivity index is 1.34. The van der Waals surface area contributed by atoms with Crippen molar-refractivity contribution in [3.8, 4) is 0 Å². The summed E-state index contributed by atoms with van der Waals surface area (Å²) in [6.07, 6.45) is 9.83. The molecule has 27 heavy (non-hydrogen) atoms. The summed E-state index contributed by atoms with van der Waals surface area (Å²) in [6, 6.07) is 10.1. The number of benzene rings is 1. The minimum Gasteiger partial charge on any atom is -0.342 e. The van der Waals surface area contributed by atoms with Gasteiger partial charge in [-0.15, -0.1) is 0 Å². The van der Waals surface area contributed by atoms with E-state index in [-0.39, 0.29) is 23.8 Å². The van der Waals surface area contributed by atoms with Crippen LogP contribution in [0.4, 0.5) is 0 Å². The molecule has 0 aromatic heterocycles. The number of hydrogen-bond acceptors (Lipinski definition) is 3. The van der Waals surface area contributed by atoms with E-state index in [1.807, 2.05) is 29.3 Å². The van der Waals surface area contributed by atoms with Gasteiger partial charge in [-0.3, -0.25) is 9.59 Å². The number of hydrazone groups is 1. The van der Waals surface area contributed by atoms with Crippen molar-refractivity contribution in [2.75, 3.05) is 13.1 Å². The Labute approximate surface area is 161 Å². The zero-order chi connectivity index (χ0) is 18.6. The molecular formula is C22H29N3O2. The highest BCUT2D eigenvalue weighted by atomic mass is 16.2. The third-order valence-corrected chi connectivity index (χ3v) is 6.35. The van der Waals surface area contributed by atoms with Gasteiger partial charge in [0, 0.05) is 37.6 Å². The van der Waals surface area contributed by atoms with Gasteiger partial charge in [-0.1, -0.05) is 49.6 Å². The molecule has 1 saturated carbocycles. The molecule has 1 unspecified atom stereocenters. The molecule has 2 aliphatic heterocycles. The minimum absolute atomic E-state index is 0.0144. The number of carbonyl (C=O) groups is 2. The second-order valence-electron chi connectivity index (χ2n) is 8.08. The first kappa shape index (κ1) is 18.2. The van der Waals surface area contributed by atoms with E-state index in [0.717, 1.165) is 37.7 Å². The fourth-order valence-electron chi connectivity index (χ4n) is 4.72. The first-order valence-corrected chi connectivity index (χ1v) is 10.4. The van der Waals surface area contributed by atoms with Crippen LogP contribution in [0.2, 0.25) is 0 Å². The normalized spacial score (nSPS) is 24.4. The van der Waals surface area contributed by atoms with Gasteiger partial charge in [-0.2, -0.15) is 5.10 Å². The zero-order valence-electron chi connectivity index (χ0n) is 15.9. The molecule has 1 atom stereocenters. The van der Waals surface area contributed by atoms with E-state index in [4.69, 9.17) is 0 Å². The number of carbonyl (C=O) groups excluding carboxylic acids is 2. The topological polar surface area (TPSA) is 53.0 Å². The van der Waals surface area contributed by atoms with Gasteiger partial charge in [-0.05, 0) is 31.2 Å². The largest absolute Gasteiger partial charge is 0.342 e. The van der Waals surface area contributed by atoms with Crippen LogP contribution in [-0.4, -0.2) is 41.0 Å². The molecule has 2 heterocycles. The first-order valence-electron chi connectivity index (χ1n) is 10.4. The third-order valence-electron chi connectivity index (χ3n) is 6.35. The molecule has 1 aliphatic carbocycles. The maximum Gasteiger partial charge on any atom is 0.246 e. The van der Waals surface area contributed by atoms with Gasteiger partial charge in [0.1, 0.15) is 0 Å². The lowest BCUT2D eigenvalue weighted by molar-refractivity contribution is -0.144. The maximum absolute atomic E-state index is 13.1. The number of nitrogens with zero attached hydrogens (tertiary/aromatic N) is 3. The van der Waals surface area contributed by atoms with Crippen molar-refractivity contribution in [1.29, 1.82) is 0 Å². The first-order chi connectivity index (χ1) is 13.2. The SMILES string of the molecule is O=C(C1CCCCC1)N1CCC(C(=O)N2N=CCC2c2ccccc2)CC1. The Hall–Kier alpha value is -2.17. The summed E-state index contributed by atoms with van der Waals surface area (Å²) >= 11 is 0. The van der Waals surface area contributed by atoms with Gasteiger partial charge < -0.3 is 4.90 Å². The van der Waals surface area contributed by atoms with E-state index in [1.165, 1.54) is 19.3 Å². The fraction of sp³-hybridized carbons (Fsp3) is 0.591. The molecule has 5 nitrogen and oxygen atoms in total. The van der Waals surface area contributed by atoms with Crippen LogP contribution in [0.3, 0.4) is 0 Å². The van der Waals surface area contributed by atoms with Crippen molar-refractivity contribution in [3.05, 3.63) is 35.9 Å². The third kappa shape index (κ3) is 3.92. The summed E-state index contributed by atoms with van der Waals surface area (Å²) in [5.74, 6) is 0.628. The lowest BCUT2D eigenvalue weighted by atomic mass is 9.87. The van der Waals surface area contributed by atoms with Crippen molar-refractivity contribution >= 4 is 18.0 Å². The lowest BCUT2D eigenvalue weighted by Crippen LogP contribution is -2.45. The predicted molar refractivity (Wildman–Crippen MR) is 105 cm³/mol. The van der Waals surface area contributed by atoms with Crippen LogP contribution >= 0.6 is 0 Å². The summed E-state index contributed by atoms with van der Waals surface area (Å²) in [4.78, 5) is 27.8. The van der Waals surface area contributed by atoms with Gasteiger partial charge in [0.05, 0.1) is 6.04 Å². The standard InChI is InChI=1S/C22H29N3O2/c26-21(18-9-5-2-6-10-18)24-15-12-19(13-16-24)22(27)25-20(11-14-23-25)17-7-3-1-4-8-17/h1,3-4,7-8,14,18-20H,2,5-6,9-13,15-16H2. The Morgan fingerprint density at radius 1 is 0.852 bits per heavy atom. The average molecular weight is 367 g/mol. The molecule has 5 heteroatoms. The van der Waals surface area contributed by atoms with Crippen molar-refractivity contribution in [1.82, 2.24) is 9.91 Å². The molecule has 4 rings (SSSR count). The minimum atomic E-state index is -0.0260. The van der Waals surface area contributed by atoms with E-state index >= 15 is 0 Å². The number of likely N-dealkylation sites (tertiary alicyclic amines) is 1. The Bertz CT molecular complexity index is 689.